The maximum Gasteiger partial charge on any atom is 0.330 e. The third kappa shape index (κ3) is 3.40. The standard InChI is InChI=1S/C28H31N3O3/c1-28(2,3)20-12-10-17(11-13-20)25-24-22(29(4)27(34)30(5)26(24)33)16-31(25)21-14-18-8-6-7-9-19(18)15-23(21)32/h10-16,32H,6-9H2,1-5H3. The molecule has 1 N–H and O–H groups in total. The first kappa shape index (κ1) is 22.3. The van der Waals surface area contributed by atoms with Gasteiger partial charge in [-0.1, -0.05) is 45.0 Å². The summed E-state index contributed by atoms with van der Waals surface area (Å²) in [6, 6.07) is 12.1. The number of benzene rings is 2. The molecule has 0 atom stereocenters. The highest BCUT2D eigenvalue weighted by atomic mass is 16.3. The number of hydrogen-bond donors (Lipinski definition) is 1. The number of phenolic OH excluding ortho intramolecular Hbond substituents is 1. The maximum absolute atomic E-state index is 13.4. The Kier molecular flexibility index (Phi) is 5.08. The van der Waals surface area contributed by atoms with Crippen molar-refractivity contribution in [1.29, 1.82) is 0 Å². The van der Waals surface area contributed by atoms with Gasteiger partial charge in [-0.05, 0) is 65.5 Å². The van der Waals surface area contributed by atoms with E-state index in [1.807, 2.05) is 28.8 Å². The first-order valence-corrected chi connectivity index (χ1v) is 11.8. The Labute approximate surface area is 198 Å². The summed E-state index contributed by atoms with van der Waals surface area (Å²) in [5, 5.41) is 11.5. The zero-order chi connectivity index (χ0) is 24.4. The van der Waals surface area contributed by atoms with Crippen molar-refractivity contribution in [1.82, 2.24) is 13.7 Å². The third-order valence-corrected chi connectivity index (χ3v) is 7.16. The van der Waals surface area contributed by atoms with Crippen molar-refractivity contribution in [2.24, 2.45) is 14.1 Å². The summed E-state index contributed by atoms with van der Waals surface area (Å²) in [5.74, 6) is 0.176. The molecule has 6 nitrogen and oxygen atoms in total. The van der Waals surface area contributed by atoms with Crippen molar-refractivity contribution in [2.45, 2.75) is 51.9 Å². The van der Waals surface area contributed by atoms with Crippen LogP contribution in [0.5, 0.6) is 5.75 Å². The van der Waals surface area contributed by atoms with Gasteiger partial charge < -0.3 is 9.67 Å². The van der Waals surface area contributed by atoms with Gasteiger partial charge in [0.1, 0.15) is 5.75 Å². The minimum Gasteiger partial charge on any atom is -0.506 e. The van der Waals surface area contributed by atoms with Gasteiger partial charge >= 0.3 is 5.69 Å². The molecule has 4 aromatic rings. The highest BCUT2D eigenvalue weighted by molar-refractivity contribution is 5.95. The number of nitrogens with zero attached hydrogens (tertiary/aromatic N) is 3. The topological polar surface area (TPSA) is 69.2 Å². The smallest absolute Gasteiger partial charge is 0.330 e. The van der Waals surface area contributed by atoms with Crippen molar-refractivity contribution in [2.75, 3.05) is 0 Å². The van der Waals surface area contributed by atoms with Gasteiger partial charge in [-0.2, -0.15) is 0 Å². The summed E-state index contributed by atoms with van der Waals surface area (Å²) >= 11 is 0. The van der Waals surface area contributed by atoms with Crippen LogP contribution in [-0.4, -0.2) is 18.8 Å². The van der Waals surface area contributed by atoms with Crippen LogP contribution >= 0.6 is 0 Å². The Morgan fingerprint density at radius 3 is 2.12 bits per heavy atom. The molecule has 0 saturated heterocycles. The Morgan fingerprint density at radius 2 is 1.50 bits per heavy atom. The van der Waals surface area contributed by atoms with Gasteiger partial charge in [0, 0.05) is 20.3 Å². The highest BCUT2D eigenvalue weighted by Crippen LogP contribution is 2.37. The van der Waals surface area contributed by atoms with Gasteiger partial charge in [0.05, 0.1) is 22.3 Å². The summed E-state index contributed by atoms with van der Waals surface area (Å²) in [6.45, 7) is 6.49. The Balaban J connectivity index is 1.86. The van der Waals surface area contributed by atoms with Gasteiger partial charge in [0.25, 0.3) is 5.56 Å². The molecular weight excluding hydrogens is 426 g/mol. The van der Waals surface area contributed by atoms with Crippen LogP contribution in [0.1, 0.15) is 50.3 Å². The lowest BCUT2D eigenvalue weighted by atomic mass is 9.86. The monoisotopic (exact) mass is 457 g/mol. The molecule has 5 rings (SSSR count). The minimum absolute atomic E-state index is 0.000608. The predicted molar refractivity (Wildman–Crippen MR) is 136 cm³/mol. The molecule has 2 aromatic heterocycles. The second-order valence-electron chi connectivity index (χ2n) is 10.5. The molecule has 0 amide bonds. The average Bonchev–Trinajstić information content (AvgIpc) is 3.21. The van der Waals surface area contributed by atoms with Gasteiger partial charge in [-0.3, -0.25) is 13.9 Å². The number of hydrogen-bond acceptors (Lipinski definition) is 3. The number of phenols is 1. The Hall–Kier alpha value is -3.54. The first-order valence-electron chi connectivity index (χ1n) is 11.8. The molecule has 0 bridgehead atoms. The van der Waals surface area contributed by atoms with E-state index in [2.05, 4.69) is 32.9 Å². The van der Waals surface area contributed by atoms with Crippen molar-refractivity contribution >= 4 is 10.9 Å². The lowest BCUT2D eigenvalue weighted by Crippen LogP contribution is -2.36. The number of aromatic nitrogens is 3. The van der Waals surface area contributed by atoms with E-state index in [9.17, 15) is 14.7 Å². The zero-order valence-corrected chi connectivity index (χ0v) is 20.5. The van der Waals surface area contributed by atoms with E-state index in [4.69, 9.17) is 0 Å². The third-order valence-electron chi connectivity index (χ3n) is 7.16. The fourth-order valence-corrected chi connectivity index (χ4v) is 5.10. The zero-order valence-electron chi connectivity index (χ0n) is 20.5. The summed E-state index contributed by atoms with van der Waals surface area (Å²) in [7, 11) is 3.18. The van der Waals surface area contributed by atoms with Gasteiger partial charge in [0.15, 0.2) is 0 Å². The number of aryl methyl sites for hydroxylation is 3. The van der Waals surface area contributed by atoms with E-state index in [-0.39, 0.29) is 22.4 Å². The highest BCUT2D eigenvalue weighted by Gasteiger charge is 2.23. The lowest BCUT2D eigenvalue weighted by molar-refractivity contribution is 0.470. The van der Waals surface area contributed by atoms with E-state index >= 15 is 0 Å². The van der Waals surface area contributed by atoms with Crippen LogP contribution in [0.3, 0.4) is 0 Å². The molecule has 1 aliphatic carbocycles. The molecule has 0 saturated carbocycles. The number of aromatic hydroxyl groups is 1. The predicted octanol–water partition coefficient (Wildman–Crippen LogP) is 4.58. The fraction of sp³-hybridized carbons (Fsp3) is 0.357. The average molecular weight is 458 g/mol. The molecule has 6 heteroatoms. The van der Waals surface area contributed by atoms with Crippen LogP contribution in [0.15, 0.2) is 52.2 Å². The molecule has 0 fully saturated rings. The molecule has 0 unspecified atom stereocenters. The van der Waals surface area contributed by atoms with E-state index in [1.54, 1.807) is 13.2 Å². The lowest BCUT2D eigenvalue weighted by Gasteiger charge is -2.21. The number of rotatable bonds is 2. The molecule has 2 aromatic carbocycles. The van der Waals surface area contributed by atoms with Gasteiger partial charge in [0.2, 0.25) is 0 Å². The van der Waals surface area contributed by atoms with Crippen LogP contribution in [0, 0.1) is 0 Å². The molecule has 0 aliphatic heterocycles. The molecule has 2 heterocycles. The SMILES string of the molecule is Cn1c(=O)c2c(-c3ccc(C(C)(C)C)cc3)n(-c3cc4c(cc3O)CCCC4)cc2n(C)c1=O. The first-order chi connectivity index (χ1) is 16.1. The van der Waals surface area contributed by atoms with Crippen molar-refractivity contribution in [3.63, 3.8) is 0 Å². The van der Waals surface area contributed by atoms with E-state index in [0.29, 0.717) is 22.3 Å². The summed E-state index contributed by atoms with van der Waals surface area (Å²) in [5.41, 5.74) is 5.59. The molecule has 34 heavy (non-hydrogen) atoms. The number of fused-ring (bicyclic) bond motifs is 2. The van der Waals surface area contributed by atoms with Crippen LogP contribution in [0.25, 0.3) is 27.8 Å². The fourth-order valence-electron chi connectivity index (χ4n) is 5.10. The van der Waals surface area contributed by atoms with Crippen LogP contribution < -0.4 is 11.2 Å². The molecular formula is C28H31N3O3. The summed E-state index contributed by atoms with van der Waals surface area (Å²) < 4.78 is 4.52. The Bertz CT molecular complexity index is 1540. The normalized spacial score (nSPS) is 13.9. The van der Waals surface area contributed by atoms with Gasteiger partial charge in [-0.25, -0.2) is 4.79 Å². The largest absolute Gasteiger partial charge is 0.506 e. The molecule has 0 radical (unpaired) electrons. The Morgan fingerprint density at radius 1 is 0.882 bits per heavy atom. The molecule has 0 spiro atoms. The quantitative estimate of drug-likeness (QED) is 0.479. The van der Waals surface area contributed by atoms with Crippen LogP contribution in [-0.2, 0) is 32.4 Å². The second-order valence-corrected chi connectivity index (χ2v) is 10.5. The van der Waals surface area contributed by atoms with E-state index in [0.717, 1.165) is 35.8 Å². The maximum atomic E-state index is 13.4. The molecule has 176 valence electrons. The van der Waals surface area contributed by atoms with Crippen molar-refractivity contribution in [3.8, 4) is 22.7 Å². The van der Waals surface area contributed by atoms with E-state index < -0.39 is 0 Å². The van der Waals surface area contributed by atoms with Gasteiger partial charge in [-0.15, -0.1) is 0 Å². The van der Waals surface area contributed by atoms with Crippen LogP contribution in [0.4, 0.5) is 0 Å². The second kappa shape index (κ2) is 7.76. The summed E-state index contributed by atoms with van der Waals surface area (Å²) in [6.07, 6.45) is 5.99. The van der Waals surface area contributed by atoms with Crippen molar-refractivity contribution < 1.29 is 5.11 Å². The van der Waals surface area contributed by atoms with Crippen molar-refractivity contribution in [3.05, 3.63) is 80.1 Å². The summed E-state index contributed by atoms with van der Waals surface area (Å²) in [4.78, 5) is 26.0. The van der Waals surface area contributed by atoms with Crippen LogP contribution in [0.2, 0.25) is 0 Å². The van der Waals surface area contributed by atoms with E-state index in [1.165, 1.54) is 28.3 Å². The minimum atomic E-state index is -0.376. The molecule has 1 aliphatic rings.